The molecule has 104 valence electrons. The normalized spacial score (nSPS) is 12.8. The smallest absolute Gasteiger partial charge is 0.429 e. The third-order valence-electron chi connectivity index (χ3n) is 2.55. The second-order valence-electron chi connectivity index (χ2n) is 4.01. The maximum atomic E-state index is 13.0. The highest BCUT2D eigenvalue weighted by Gasteiger charge is 2.43. The van der Waals surface area contributed by atoms with E-state index in [0.717, 1.165) is 6.20 Å². The summed E-state index contributed by atoms with van der Waals surface area (Å²) in [6.07, 6.45) is -3.56. The van der Waals surface area contributed by atoms with Crippen LogP contribution in [0.4, 0.5) is 13.2 Å². The Balaban J connectivity index is 2.26. The number of nitrogens with zero attached hydrogens (tertiary/aromatic N) is 1. The van der Waals surface area contributed by atoms with Crippen LogP contribution < -0.4 is 4.74 Å². The highest BCUT2D eigenvalue weighted by atomic mass is 19.4. The molecule has 0 bridgehead atoms. The van der Waals surface area contributed by atoms with Crippen LogP contribution in [-0.2, 0) is 0 Å². The van der Waals surface area contributed by atoms with Crippen molar-refractivity contribution >= 4 is 6.29 Å². The number of carbonyl (C=O) groups excluding carboxylic acids is 1. The van der Waals surface area contributed by atoms with Crippen LogP contribution in [0.15, 0.2) is 48.8 Å². The lowest BCUT2D eigenvalue weighted by Gasteiger charge is -2.21. The number of hydrogen-bond donors (Lipinski definition) is 0. The molecule has 0 saturated heterocycles. The molecule has 2 aromatic rings. The van der Waals surface area contributed by atoms with Crippen molar-refractivity contribution in [1.82, 2.24) is 4.98 Å². The highest BCUT2D eigenvalue weighted by molar-refractivity contribution is 5.74. The van der Waals surface area contributed by atoms with Gasteiger partial charge in [-0.2, -0.15) is 13.2 Å². The second-order valence-corrected chi connectivity index (χ2v) is 4.01. The molecule has 2 rings (SSSR count). The summed E-state index contributed by atoms with van der Waals surface area (Å²) < 4.78 is 44.1. The van der Waals surface area contributed by atoms with Gasteiger partial charge < -0.3 is 4.74 Å². The molecule has 1 aromatic carbocycles. The standard InChI is InChI=1S/C14H10F3NO2/c15-14(16,17)13(11-2-1-7-18-8-11)20-12-5-3-10(9-19)4-6-12/h1-9,13H. The second kappa shape index (κ2) is 5.73. The van der Waals surface area contributed by atoms with Crippen LogP contribution >= 0.6 is 0 Å². The first kappa shape index (κ1) is 14.0. The predicted octanol–water partition coefficient (Wildman–Crippen LogP) is 3.58. The third-order valence-corrected chi connectivity index (χ3v) is 2.55. The van der Waals surface area contributed by atoms with E-state index in [2.05, 4.69) is 4.98 Å². The Labute approximate surface area is 113 Å². The SMILES string of the molecule is O=Cc1ccc(OC(c2cccnc2)C(F)(F)F)cc1. The van der Waals surface area contributed by atoms with Crippen LogP contribution in [-0.4, -0.2) is 17.4 Å². The summed E-state index contributed by atoms with van der Waals surface area (Å²) >= 11 is 0. The Morgan fingerprint density at radius 1 is 1.15 bits per heavy atom. The van der Waals surface area contributed by atoms with Gasteiger partial charge in [0.1, 0.15) is 12.0 Å². The number of alkyl halides is 3. The van der Waals surface area contributed by atoms with Gasteiger partial charge in [-0.15, -0.1) is 0 Å². The number of ether oxygens (including phenoxy) is 1. The molecular formula is C14H10F3NO2. The Morgan fingerprint density at radius 2 is 1.85 bits per heavy atom. The summed E-state index contributed by atoms with van der Waals surface area (Å²) in [5.74, 6) is 0.0294. The lowest BCUT2D eigenvalue weighted by molar-refractivity contribution is -0.198. The minimum absolute atomic E-state index is 0.0294. The van der Waals surface area contributed by atoms with Crippen molar-refractivity contribution in [1.29, 1.82) is 0 Å². The first-order chi connectivity index (χ1) is 9.50. The van der Waals surface area contributed by atoms with Crippen LogP contribution in [0.1, 0.15) is 22.0 Å². The highest BCUT2D eigenvalue weighted by Crippen LogP contribution is 2.36. The number of carbonyl (C=O) groups is 1. The van der Waals surface area contributed by atoms with Crippen LogP contribution in [0, 0.1) is 0 Å². The van der Waals surface area contributed by atoms with E-state index in [4.69, 9.17) is 4.74 Å². The minimum atomic E-state index is -4.56. The molecule has 0 fully saturated rings. The fourth-order valence-electron chi connectivity index (χ4n) is 1.62. The van der Waals surface area contributed by atoms with Crippen molar-refractivity contribution in [3.05, 3.63) is 59.9 Å². The van der Waals surface area contributed by atoms with Gasteiger partial charge in [-0.25, -0.2) is 0 Å². The van der Waals surface area contributed by atoms with Gasteiger partial charge in [-0.05, 0) is 30.3 Å². The van der Waals surface area contributed by atoms with Gasteiger partial charge in [0.05, 0.1) is 0 Å². The van der Waals surface area contributed by atoms with E-state index in [9.17, 15) is 18.0 Å². The fourth-order valence-corrected chi connectivity index (χ4v) is 1.62. The Morgan fingerprint density at radius 3 is 2.35 bits per heavy atom. The van der Waals surface area contributed by atoms with Gasteiger partial charge >= 0.3 is 6.18 Å². The molecule has 1 heterocycles. The van der Waals surface area contributed by atoms with Crippen molar-refractivity contribution in [3.8, 4) is 5.75 Å². The Hall–Kier alpha value is -2.37. The monoisotopic (exact) mass is 281 g/mol. The van der Waals surface area contributed by atoms with Crippen molar-refractivity contribution in [3.63, 3.8) is 0 Å². The Bertz CT molecular complexity index is 567. The third kappa shape index (κ3) is 3.34. The van der Waals surface area contributed by atoms with Gasteiger partial charge in [-0.3, -0.25) is 9.78 Å². The molecular weight excluding hydrogens is 271 g/mol. The summed E-state index contributed by atoms with van der Waals surface area (Å²) in [6, 6.07) is 8.12. The summed E-state index contributed by atoms with van der Waals surface area (Å²) in [5, 5.41) is 0. The average Bonchev–Trinajstić information content (AvgIpc) is 2.45. The molecule has 0 aliphatic carbocycles. The van der Waals surface area contributed by atoms with Crippen LogP contribution in [0.3, 0.4) is 0 Å². The molecule has 6 heteroatoms. The number of rotatable bonds is 4. The molecule has 0 saturated carbocycles. The summed E-state index contributed by atoms with van der Waals surface area (Å²) in [5.41, 5.74) is 0.279. The van der Waals surface area contributed by atoms with Gasteiger partial charge in [0.15, 0.2) is 0 Å². The minimum Gasteiger partial charge on any atom is -0.476 e. The lowest BCUT2D eigenvalue weighted by Crippen LogP contribution is -2.26. The number of benzene rings is 1. The number of hydrogen-bond acceptors (Lipinski definition) is 3. The van der Waals surface area contributed by atoms with Crippen LogP contribution in [0.25, 0.3) is 0 Å². The van der Waals surface area contributed by atoms with Gasteiger partial charge in [0.2, 0.25) is 6.10 Å². The molecule has 20 heavy (non-hydrogen) atoms. The molecule has 1 atom stereocenters. The predicted molar refractivity (Wildman–Crippen MR) is 65.5 cm³/mol. The number of aromatic nitrogens is 1. The van der Waals surface area contributed by atoms with E-state index in [1.54, 1.807) is 0 Å². The summed E-state index contributed by atoms with van der Waals surface area (Å²) in [6.45, 7) is 0. The zero-order valence-electron chi connectivity index (χ0n) is 10.2. The molecule has 0 spiro atoms. The molecule has 0 N–H and O–H groups in total. The van der Waals surface area contributed by atoms with Crippen LogP contribution in [0.5, 0.6) is 5.75 Å². The van der Waals surface area contributed by atoms with Crippen LogP contribution in [0.2, 0.25) is 0 Å². The van der Waals surface area contributed by atoms with E-state index in [1.165, 1.54) is 42.6 Å². The molecule has 0 aliphatic heterocycles. The zero-order valence-corrected chi connectivity index (χ0v) is 10.2. The zero-order chi connectivity index (χ0) is 14.6. The summed E-state index contributed by atoms with van der Waals surface area (Å²) in [4.78, 5) is 14.2. The number of halogens is 3. The Kier molecular flexibility index (Phi) is 4.02. The van der Waals surface area contributed by atoms with E-state index in [0.29, 0.717) is 11.8 Å². The van der Waals surface area contributed by atoms with E-state index >= 15 is 0 Å². The van der Waals surface area contributed by atoms with Gasteiger partial charge in [0, 0.05) is 23.5 Å². The molecule has 0 radical (unpaired) electrons. The van der Waals surface area contributed by atoms with Gasteiger partial charge in [0.25, 0.3) is 0 Å². The molecule has 0 aliphatic rings. The summed E-state index contributed by atoms with van der Waals surface area (Å²) in [7, 11) is 0. The molecule has 3 nitrogen and oxygen atoms in total. The van der Waals surface area contributed by atoms with E-state index in [1.807, 2.05) is 0 Å². The average molecular weight is 281 g/mol. The fraction of sp³-hybridized carbons (Fsp3) is 0.143. The van der Waals surface area contributed by atoms with E-state index < -0.39 is 12.3 Å². The topological polar surface area (TPSA) is 39.2 Å². The van der Waals surface area contributed by atoms with Gasteiger partial charge in [-0.1, -0.05) is 6.07 Å². The molecule has 1 aromatic heterocycles. The molecule has 0 amide bonds. The quantitative estimate of drug-likeness (QED) is 0.804. The first-order valence-corrected chi connectivity index (χ1v) is 5.69. The van der Waals surface area contributed by atoms with Crippen molar-refractivity contribution in [2.24, 2.45) is 0 Å². The maximum absolute atomic E-state index is 13.0. The number of pyridine rings is 1. The maximum Gasteiger partial charge on any atom is 0.429 e. The van der Waals surface area contributed by atoms with Crippen molar-refractivity contribution in [2.45, 2.75) is 12.3 Å². The lowest BCUT2D eigenvalue weighted by atomic mass is 10.1. The molecule has 1 unspecified atom stereocenters. The largest absolute Gasteiger partial charge is 0.476 e. The van der Waals surface area contributed by atoms with Crippen molar-refractivity contribution in [2.75, 3.05) is 0 Å². The number of aldehydes is 1. The van der Waals surface area contributed by atoms with E-state index in [-0.39, 0.29) is 11.3 Å². The van der Waals surface area contributed by atoms with Crippen molar-refractivity contribution < 1.29 is 22.7 Å². The first-order valence-electron chi connectivity index (χ1n) is 5.69.